The Hall–Kier alpha value is -3.15. The molecule has 0 fully saturated rings. The summed E-state index contributed by atoms with van der Waals surface area (Å²) < 4.78 is 7.07. The average molecular weight is 295 g/mol. The van der Waals surface area contributed by atoms with Crippen molar-refractivity contribution in [3.05, 3.63) is 71.0 Å². The first-order chi connectivity index (χ1) is 10.7. The molecule has 0 aliphatic carbocycles. The largest absolute Gasteiger partial charge is 0.497 e. The Kier molecular flexibility index (Phi) is 3.57. The fourth-order valence-corrected chi connectivity index (χ4v) is 2.20. The maximum atomic E-state index is 10.7. The Morgan fingerprint density at radius 2 is 1.77 bits per heavy atom. The van der Waals surface area contributed by atoms with Crippen molar-refractivity contribution < 1.29 is 9.66 Å². The van der Waals surface area contributed by atoms with E-state index in [2.05, 4.69) is 4.98 Å². The van der Waals surface area contributed by atoms with Gasteiger partial charge in [0.1, 0.15) is 11.6 Å². The molecule has 0 amide bonds. The molecule has 0 saturated carbocycles. The van der Waals surface area contributed by atoms with Gasteiger partial charge < -0.3 is 4.74 Å². The van der Waals surface area contributed by atoms with Gasteiger partial charge in [-0.3, -0.25) is 14.7 Å². The van der Waals surface area contributed by atoms with E-state index < -0.39 is 4.92 Å². The van der Waals surface area contributed by atoms with E-state index in [1.54, 1.807) is 25.4 Å². The van der Waals surface area contributed by atoms with Crippen molar-refractivity contribution in [3.63, 3.8) is 0 Å². The van der Waals surface area contributed by atoms with Gasteiger partial charge >= 0.3 is 0 Å². The van der Waals surface area contributed by atoms with Gasteiger partial charge in [-0.05, 0) is 36.4 Å². The molecule has 0 aliphatic rings. The van der Waals surface area contributed by atoms with E-state index in [1.165, 1.54) is 12.1 Å². The minimum absolute atomic E-state index is 0.0614. The smallest absolute Gasteiger partial charge is 0.269 e. The summed E-state index contributed by atoms with van der Waals surface area (Å²) in [6.07, 6.45) is 3.54. The number of rotatable bonds is 4. The van der Waals surface area contributed by atoms with Crippen LogP contribution in [0.4, 0.5) is 5.69 Å². The van der Waals surface area contributed by atoms with Crippen LogP contribution in [0.2, 0.25) is 0 Å². The number of aromatic nitrogens is 2. The summed E-state index contributed by atoms with van der Waals surface area (Å²) in [5.41, 5.74) is 1.81. The lowest BCUT2D eigenvalue weighted by atomic mass is 10.2. The molecule has 1 heterocycles. The molecule has 0 bridgehead atoms. The van der Waals surface area contributed by atoms with Gasteiger partial charge in [-0.25, -0.2) is 4.98 Å². The number of benzene rings is 2. The lowest BCUT2D eigenvalue weighted by Gasteiger charge is -2.08. The van der Waals surface area contributed by atoms with Crippen LogP contribution >= 0.6 is 0 Å². The number of nitro benzene ring substituents is 1. The average Bonchev–Trinajstić information content (AvgIpc) is 3.04. The van der Waals surface area contributed by atoms with Crippen molar-refractivity contribution in [2.45, 2.75) is 0 Å². The molecule has 6 heteroatoms. The standard InChI is InChI=1S/C16H13N3O3/c1-22-15-8-6-13(7-9-15)18-11-10-17-16(18)12-2-4-14(5-3-12)19(20)21/h2-11H,1H3. The molecule has 0 saturated heterocycles. The zero-order valence-electron chi connectivity index (χ0n) is 11.8. The summed E-state index contributed by atoms with van der Waals surface area (Å²) in [6.45, 7) is 0. The summed E-state index contributed by atoms with van der Waals surface area (Å²) in [4.78, 5) is 14.6. The van der Waals surface area contributed by atoms with Crippen LogP contribution in [0.5, 0.6) is 5.75 Å². The lowest BCUT2D eigenvalue weighted by Crippen LogP contribution is -1.96. The SMILES string of the molecule is COc1ccc(-n2ccnc2-c2ccc([N+](=O)[O-])cc2)cc1. The van der Waals surface area contributed by atoms with Crippen molar-refractivity contribution in [3.8, 4) is 22.8 Å². The van der Waals surface area contributed by atoms with Crippen LogP contribution in [0.1, 0.15) is 0 Å². The van der Waals surface area contributed by atoms with E-state index in [0.717, 1.165) is 22.8 Å². The second-order valence-corrected chi connectivity index (χ2v) is 4.62. The number of ether oxygens (including phenoxy) is 1. The highest BCUT2D eigenvalue weighted by Crippen LogP contribution is 2.24. The zero-order valence-corrected chi connectivity index (χ0v) is 11.8. The first-order valence-electron chi connectivity index (χ1n) is 6.61. The molecular formula is C16H13N3O3. The summed E-state index contributed by atoms with van der Waals surface area (Å²) in [7, 11) is 1.62. The van der Waals surface area contributed by atoms with Crippen molar-refractivity contribution in [1.29, 1.82) is 0 Å². The summed E-state index contributed by atoms with van der Waals surface area (Å²) in [5, 5.41) is 10.7. The Bertz CT molecular complexity index is 792. The highest BCUT2D eigenvalue weighted by atomic mass is 16.6. The van der Waals surface area contributed by atoms with Crippen LogP contribution in [0.15, 0.2) is 60.9 Å². The Balaban J connectivity index is 1.99. The normalized spacial score (nSPS) is 10.4. The topological polar surface area (TPSA) is 70.2 Å². The van der Waals surface area contributed by atoms with Crippen LogP contribution < -0.4 is 4.74 Å². The maximum absolute atomic E-state index is 10.7. The van der Waals surface area contributed by atoms with Gasteiger partial charge in [0, 0.05) is 35.8 Å². The second-order valence-electron chi connectivity index (χ2n) is 4.62. The molecule has 3 rings (SSSR count). The zero-order chi connectivity index (χ0) is 15.5. The van der Waals surface area contributed by atoms with E-state index in [-0.39, 0.29) is 5.69 Å². The molecule has 6 nitrogen and oxygen atoms in total. The fraction of sp³-hybridized carbons (Fsp3) is 0.0625. The van der Waals surface area contributed by atoms with Crippen LogP contribution in [0.25, 0.3) is 17.1 Å². The molecule has 2 aromatic carbocycles. The Labute approximate surface area is 126 Å². The first-order valence-corrected chi connectivity index (χ1v) is 6.61. The quantitative estimate of drug-likeness (QED) is 0.546. The summed E-state index contributed by atoms with van der Waals surface area (Å²) in [6, 6.07) is 13.9. The Morgan fingerprint density at radius 3 is 2.36 bits per heavy atom. The third kappa shape index (κ3) is 2.54. The number of nitro groups is 1. The van der Waals surface area contributed by atoms with Gasteiger partial charge in [0.05, 0.1) is 12.0 Å². The molecule has 0 aliphatic heterocycles. The minimum Gasteiger partial charge on any atom is -0.497 e. The molecule has 0 N–H and O–H groups in total. The van der Waals surface area contributed by atoms with Crippen molar-refractivity contribution in [2.75, 3.05) is 7.11 Å². The predicted octanol–water partition coefficient (Wildman–Crippen LogP) is 3.46. The Morgan fingerprint density at radius 1 is 1.09 bits per heavy atom. The van der Waals surface area contributed by atoms with Crippen molar-refractivity contribution in [2.24, 2.45) is 0 Å². The van der Waals surface area contributed by atoms with Gasteiger partial charge in [0.2, 0.25) is 0 Å². The van der Waals surface area contributed by atoms with E-state index in [0.29, 0.717) is 0 Å². The number of imidazole rings is 1. The first kappa shape index (κ1) is 13.8. The minimum atomic E-state index is -0.417. The highest BCUT2D eigenvalue weighted by Gasteiger charge is 2.10. The number of non-ortho nitro benzene ring substituents is 1. The van der Waals surface area contributed by atoms with Gasteiger partial charge in [0.15, 0.2) is 0 Å². The van der Waals surface area contributed by atoms with Crippen LogP contribution in [-0.2, 0) is 0 Å². The van der Waals surface area contributed by atoms with Crippen LogP contribution in [-0.4, -0.2) is 21.6 Å². The number of methoxy groups -OCH3 is 1. The van der Waals surface area contributed by atoms with Gasteiger partial charge in [-0.15, -0.1) is 0 Å². The van der Waals surface area contributed by atoms with E-state index in [4.69, 9.17) is 4.74 Å². The predicted molar refractivity (Wildman–Crippen MR) is 82.2 cm³/mol. The van der Waals surface area contributed by atoms with E-state index in [1.807, 2.05) is 35.0 Å². The lowest BCUT2D eigenvalue weighted by molar-refractivity contribution is -0.384. The van der Waals surface area contributed by atoms with E-state index >= 15 is 0 Å². The molecule has 3 aromatic rings. The molecule has 0 spiro atoms. The summed E-state index contributed by atoms with van der Waals surface area (Å²) >= 11 is 0. The maximum Gasteiger partial charge on any atom is 0.269 e. The second kappa shape index (κ2) is 5.69. The summed E-state index contributed by atoms with van der Waals surface area (Å²) in [5.74, 6) is 1.50. The van der Waals surface area contributed by atoms with Crippen molar-refractivity contribution in [1.82, 2.24) is 9.55 Å². The number of hydrogen-bond donors (Lipinski definition) is 0. The highest BCUT2D eigenvalue weighted by molar-refractivity contribution is 5.60. The molecule has 0 radical (unpaired) electrons. The number of hydrogen-bond acceptors (Lipinski definition) is 4. The monoisotopic (exact) mass is 295 g/mol. The third-order valence-electron chi connectivity index (χ3n) is 3.33. The van der Waals surface area contributed by atoms with Gasteiger partial charge in [0.25, 0.3) is 5.69 Å². The molecule has 0 atom stereocenters. The molecule has 22 heavy (non-hydrogen) atoms. The van der Waals surface area contributed by atoms with Gasteiger partial charge in [-0.1, -0.05) is 0 Å². The molecular weight excluding hydrogens is 282 g/mol. The fourth-order valence-electron chi connectivity index (χ4n) is 2.20. The van der Waals surface area contributed by atoms with E-state index in [9.17, 15) is 10.1 Å². The number of nitrogens with zero attached hydrogens (tertiary/aromatic N) is 3. The van der Waals surface area contributed by atoms with Crippen molar-refractivity contribution >= 4 is 5.69 Å². The van der Waals surface area contributed by atoms with Crippen LogP contribution in [0, 0.1) is 10.1 Å². The molecule has 0 unspecified atom stereocenters. The third-order valence-corrected chi connectivity index (χ3v) is 3.33. The molecule has 110 valence electrons. The molecule has 1 aromatic heterocycles. The van der Waals surface area contributed by atoms with Gasteiger partial charge in [-0.2, -0.15) is 0 Å². The van der Waals surface area contributed by atoms with Crippen LogP contribution in [0.3, 0.4) is 0 Å².